The second-order valence-corrected chi connectivity index (χ2v) is 14.0. The number of carbonyl (C=O) groups excluding carboxylic acids is 1. The van der Waals surface area contributed by atoms with Gasteiger partial charge >= 0.3 is 6.80 Å². The molecule has 0 saturated carbocycles. The van der Waals surface area contributed by atoms with Gasteiger partial charge in [-0.25, -0.2) is 4.57 Å². The molecule has 0 bridgehead atoms. The van der Waals surface area contributed by atoms with Gasteiger partial charge in [0.25, 0.3) is 0 Å². The minimum absolute atomic E-state index is 0.178. The molecule has 0 radical (unpaired) electrons. The van der Waals surface area contributed by atoms with Crippen LogP contribution in [0.4, 0.5) is 0 Å². The molecule has 1 heterocycles. The molecule has 1 rings (SSSR count). The molecule has 1 saturated heterocycles. The molecule has 166 valence electrons. The lowest BCUT2D eigenvalue weighted by atomic mass is 9.91. The van der Waals surface area contributed by atoms with Crippen LogP contribution in [-0.2, 0) is 23.1 Å². The average molecular weight is 456 g/mol. The summed E-state index contributed by atoms with van der Waals surface area (Å²) >= 11 is 2.50. The predicted molar refractivity (Wildman–Crippen MR) is 120 cm³/mol. The van der Waals surface area contributed by atoms with Gasteiger partial charge in [0.15, 0.2) is 5.12 Å². The molecule has 6 nitrogen and oxygen atoms in total. The number of hydrogen-bond acceptors (Lipinski definition) is 8. The Kier molecular flexibility index (Phi) is 11.1. The van der Waals surface area contributed by atoms with Gasteiger partial charge in [0.1, 0.15) is 0 Å². The molecule has 1 aliphatic heterocycles. The minimum atomic E-state index is -3.26. The number of ether oxygens (including phenoxy) is 1. The van der Waals surface area contributed by atoms with Gasteiger partial charge < -0.3 is 4.74 Å². The maximum atomic E-state index is 13.0. The quantitative estimate of drug-likeness (QED) is 0.316. The fourth-order valence-corrected chi connectivity index (χ4v) is 8.26. The second-order valence-electron chi connectivity index (χ2n) is 8.86. The zero-order valence-electron chi connectivity index (χ0n) is 18.5. The number of thioether (sulfide) groups is 1. The first-order chi connectivity index (χ1) is 12.8. The van der Waals surface area contributed by atoms with Crippen molar-refractivity contribution < 1.29 is 23.1 Å². The zero-order chi connectivity index (χ0) is 21.4. The van der Waals surface area contributed by atoms with Crippen LogP contribution in [0, 0.1) is 5.41 Å². The van der Waals surface area contributed by atoms with Gasteiger partial charge in [0.2, 0.25) is 0 Å². The van der Waals surface area contributed by atoms with Gasteiger partial charge in [-0.3, -0.25) is 18.7 Å². The second kappa shape index (κ2) is 11.7. The van der Waals surface area contributed by atoms with Crippen molar-refractivity contribution in [3.63, 3.8) is 0 Å². The third-order valence-corrected chi connectivity index (χ3v) is 9.61. The fraction of sp³-hybridized carbons (Fsp3) is 0.947. The lowest BCUT2D eigenvalue weighted by molar-refractivity contribution is -0.118. The lowest BCUT2D eigenvalue weighted by Crippen LogP contribution is -2.39. The summed E-state index contributed by atoms with van der Waals surface area (Å²) in [6, 6.07) is 0. The molecule has 1 fully saturated rings. The number of hydrogen-bond donors (Lipinski definition) is 0. The van der Waals surface area contributed by atoms with Crippen LogP contribution in [0.1, 0.15) is 54.9 Å². The topological polar surface area (TPSA) is 65.1 Å². The summed E-state index contributed by atoms with van der Waals surface area (Å²) in [6.07, 6.45) is 0.641. The summed E-state index contributed by atoms with van der Waals surface area (Å²) in [4.78, 5) is 15.0. The smallest absolute Gasteiger partial charge is 0.379 e. The molecular weight excluding hydrogens is 417 g/mol. The van der Waals surface area contributed by atoms with Gasteiger partial charge in [0.05, 0.1) is 24.9 Å². The third kappa shape index (κ3) is 11.0. The Morgan fingerprint density at radius 2 is 1.75 bits per heavy atom. The number of rotatable bonds is 11. The highest BCUT2D eigenvalue weighted by Crippen LogP contribution is 2.63. The Morgan fingerprint density at radius 1 is 1.14 bits per heavy atom. The van der Waals surface area contributed by atoms with Crippen LogP contribution in [0.3, 0.4) is 0 Å². The molecule has 0 aromatic heterocycles. The molecule has 0 aromatic rings. The van der Waals surface area contributed by atoms with E-state index >= 15 is 0 Å². The highest BCUT2D eigenvalue weighted by Gasteiger charge is 2.33. The van der Waals surface area contributed by atoms with Crippen LogP contribution in [0.5, 0.6) is 0 Å². The van der Waals surface area contributed by atoms with Crippen molar-refractivity contribution in [2.75, 3.05) is 44.4 Å². The summed E-state index contributed by atoms with van der Waals surface area (Å²) in [7, 11) is 0. The van der Waals surface area contributed by atoms with Crippen LogP contribution in [0.15, 0.2) is 0 Å². The standard InChI is InChI=1S/C19H38NO5PS2/c1-16(2)24-26(22,25-18(3,4)5)28-15-14-27-17(21)19(6,7)8-9-20-10-12-23-13-11-20/h16H,8-15H2,1-7H3. The largest absolute Gasteiger partial charge is 0.389 e. The fourth-order valence-electron chi connectivity index (χ4n) is 2.52. The molecule has 0 spiro atoms. The van der Waals surface area contributed by atoms with Crippen molar-refractivity contribution in [1.82, 2.24) is 4.90 Å². The van der Waals surface area contributed by atoms with Gasteiger partial charge in [-0.05, 0) is 59.0 Å². The van der Waals surface area contributed by atoms with Crippen molar-refractivity contribution in [2.45, 2.75) is 66.6 Å². The van der Waals surface area contributed by atoms with Crippen molar-refractivity contribution in [3.8, 4) is 0 Å². The van der Waals surface area contributed by atoms with Crippen LogP contribution in [0.2, 0.25) is 0 Å². The van der Waals surface area contributed by atoms with Crippen molar-refractivity contribution in [1.29, 1.82) is 0 Å². The first-order valence-electron chi connectivity index (χ1n) is 9.94. The summed E-state index contributed by atoms with van der Waals surface area (Å²) in [5, 5.41) is 0.178. The molecule has 0 aliphatic carbocycles. The summed E-state index contributed by atoms with van der Waals surface area (Å²) in [6.45, 7) is 14.4. The van der Waals surface area contributed by atoms with Gasteiger partial charge in [-0.2, -0.15) is 0 Å². The summed E-state index contributed by atoms with van der Waals surface area (Å²) in [5.41, 5.74) is -0.935. The molecule has 0 amide bonds. The Balaban J connectivity index is 2.42. The molecule has 1 atom stereocenters. The first-order valence-corrected chi connectivity index (χ1v) is 14.1. The summed E-state index contributed by atoms with van der Waals surface area (Å²) < 4.78 is 29.6. The van der Waals surface area contributed by atoms with E-state index in [1.807, 2.05) is 48.5 Å². The van der Waals surface area contributed by atoms with Crippen LogP contribution >= 0.6 is 29.9 Å². The van der Waals surface area contributed by atoms with Gasteiger partial charge in [0, 0.05) is 30.0 Å². The molecule has 28 heavy (non-hydrogen) atoms. The van der Waals surface area contributed by atoms with Crippen LogP contribution in [0.25, 0.3) is 0 Å². The minimum Gasteiger partial charge on any atom is -0.379 e. The van der Waals surface area contributed by atoms with E-state index in [9.17, 15) is 9.36 Å². The molecule has 0 N–H and O–H groups in total. The molecule has 1 unspecified atom stereocenters. The maximum absolute atomic E-state index is 13.0. The van der Waals surface area contributed by atoms with Crippen LogP contribution in [-0.4, -0.2) is 66.1 Å². The SMILES string of the molecule is CC(C)OP(=O)(OC(C)(C)C)SCCSC(=O)C(C)(C)CCN1CCOCC1. The van der Waals surface area contributed by atoms with E-state index in [4.69, 9.17) is 13.8 Å². The Morgan fingerprint density at radius 3 is 2.29 bits per heavy atom. The first kappa shape index (κ1) is 26.5. The van der Waals surface area contributed by atoms with Crippen molar-refractivity contribution in [2.24, 2.45) is 5.41 Å². The van der Waals surface area contributed by atoms with Crippen molar-refractivity contribution in [3.05, 3.63) is 0 Å². The maximum Gasteiger partial charge on any atom is 0.389 e. The molecule has 9 heteroatoms. The monoisotopic (exact) mass is 455 g/mol. The average Bonchev–Trinajstić information content (AvgIpc) is 2.55. The van der Waals surface area contributed by atoms with E-state index in [0.717, 1.165) is 39.3 Å². The highest BCUT2D eigenvalue weighted by molar-refractivity contribution is 8.55. The number of morpholine rings is 1. The summed E-state index contributed by atoms with van der Waals surface area (Å²) in [5.74, 6) is 1.12. The van der Waals surface area contributed by atoms with E-state index in [1.54, 1.807) is 0 Å². The van der Waals surface area contributed by atoms with E-state index in [-0.39, 0.29) is 16.6 Å². The molecule has 0 aromatic carbocycles. The van der Waals surface area contributed by atoms with E-state index in [0.29, 0.717) is 11.5 Å². The zero-order valence-corrected chi connectivity index (χ0v) is 21.0. The highest BCUT2D eigenvalue weighted by atomic mass is 32.7. The Bertz CT molecular complexity index is 531. The Hall–Kier alpha value is 0.440. The normalized spacial score (nSPS) is 19.0. The van der Waals surface area contributed by atoms with Gasteiger partial charge in [-0.15, -0.1) is 0 Å². The number of carbonyl (C=O) groups is 1. The number of nitrogens with zero attached hydrogens (tertiary/aromatic N) is 1. The Labute approximate surface area is 179 Å². The predicted octanol–water partition coefficient (Wildman–Crippen LogP) is 5.08. The molecular formula is C19H38NO5PS2. The van der Waals surface area contributed by atoms with Crippen LogP contribution < -0.4 is 0 Å². The van der Waals surface area contributed by atoms with Gasteiger partial charge in [-0.1, -0.05) is 25.6 Å². The third-order valence-electron chi connectivity index (χ3n) is 4.00. The van der Waals surface area contributed by atoms with E-state index < -0.39 is 12.4 Å². The van der Waals surface area contributed by atoms with E-state index in [1.165, 1.54) is 23.1 Å². The van der Waals surface area contributed by atoms with Crippen molar-refractivity contribution >= 4 is 35.1 Å². The molecule has 1 aliphatic rings. The lowest BCUT2D eigenvalue weighted by Gasteiger charge is -2.30. The van der Waals surface area contributed by atoms with E-state index in [2.05, 4.69) is 4.90 Å².